The fraction of sp³-hybridized carbons (Fsp3) is 0.778. The van der Waals surface area contributed by atoms with Crippen molar-refractivity contribution in [1.29, 1.82) is 0 Å². The topological polar surface area (TPSA) is 105 Å². The molecule has 1 rings (SSSR count). The van der Waals surface area contributed by atoms with Crippen molar-refractivity contribution in [2.75, 3.05) is 13.2 Å². The van der Waals surface area contributed by atoms with E-state index in [1.807, 2.05) is 48.5 Å². The summed E-state index contributed by atoms with van der Waals surface area (Å²) < 4.78 is 13.7. The Kier molecular flexibility index (Phi) is 13.1. The van der Waals surface area contributed by atoms with Crippen LogP contribution in [0.1, 0.15) is 112 Å². The normalized spacial score (nSPS) is 13.5. The Morgan fingerprint density at radius 2 is 1.36 bits per heavy atom. The van der Waals surface area contributed by atoms with Gasteiger partial charge in [-0.2, -0.15) is 0 Å². The second-order valence-corrected chi connectivity index (χ2v) is 13.4. The zero-order valence-electron chi connectivity index (χ0n) is 23.9. The second kappa shape index (κ2) is 14.5. The van der Waals surface area contributed by atoms with Crippen LogP contribution in [0.15, 0.2) is 12.1 Å². The molecule has 0 bridgehead atoms. The van der Waals surface area contributed by atoms with Crippen LogP contribution < -0.4 is 9.47 Å². The number of hydrogen-bond acceptors (Lipinski definition) is 7. The van der Waals surface area contributed by atoms with Crippen molar-refractivity contribution < 1.29 is 24.2 Å². The Morgan fingerprint density at radius 1 is 0.917 bits per heavy atom. The molecule has 0 heterocycles. The predicted molar refractivity (Wildman–Crippen MR) is 149 cm³/mol. The first kappa shape index (κ1) is 32.6. The number of rotatable bonds is 16. The van der Waals surface area contributed by atoms with E-state index in [0.29, 0.717) is 24.7 Å². The van der Waals surface area contributed by atoms with Crippen molar-refractivity contribution >= 4 is 13.6 Å². The maximum absolute atomic E-state index is 12.3. The van der Waals surface area contributed by atoms with Gasteiger partial charge in [-0.25, -0.2) is 9.79 Å². The highest BCUT2D eigenvalue weighted by Gasteiger charge is 2.60. The Hall–Kier alpha value is -1.47. The lowest BCUT2D eigenvalue weighted by atomic mass is 9.86. The highest BCUT2D eigenvalue weighted by Crippen LogP contribution is 2.73. The lowest BCUT2D eigenvalue weighted by Crippen LogP contribution is -2.41. The summed E-state index contributed by atoms with van der Waals surface area (Å²) >= 11 is 0. The molecule has 0 aliphatic heterocycles. The van der Waals surface area contributed by atoms with Gasteiger partial charge in [0.15, 0.2) is 17.2 Å². The van der Waals surface area contributed by atoms with E-state index in [9.17, 15) is 19.9 Å². The molecule has 0 aromatic heterocycles. The third kappa shape index (κ3) is 8.83. The van der Waals surface area contributed by atoms with Crippen LogP contribution in [-0.4, -0.2) is 44.7 Å². The summed E-state index contributed by atoms with van der Waals surface area (Å²) in [5.74, 6) is 0.744. The van der Waals surface area contributed by atoms with Crippen molar-refractivity contribution in [3.8, 4) is 11.5 Å². The molecule has 208 valence electrons. The van der Waals surface area contributed by atoms with Crippen LogP contribution in [0.25, 0.3) is 0 Å². The van der Waals surface area contributed by atoms with E-state index in [1.165, 1.54) is 6.07 Å². The number of nitro groups is 1. The molecule has 0 saturated heterocycles. The molecule has 9 heteroatoms. The highest BCUT2D eigenvalue weighted by atomic mass is 31.2. The first-order chi connectivity index (χ1) is 16.7. The number of unbranched alkanes of at least 4 members (excludes halogenated alkanes) is 4. The Morgan fingerprint density at radius 3 is 1.72 bits per heavy atom. The van der Waals surface area contributed by atoms with Gasteiger partial charge >= 0.3 is 7.87 Å². The third-order valence-corrected chi connectivity index (χ3v) is 9.51. The van der Waals surface area contributed by atoms with Gasteiger partial charge < -0.3 is 9.47 Å². The first-order valence-corrected chi connectivity index (χ1v) is 15.1. The van der Waals surface area contributed by atoms with Gasteiger partial charge in [-0.05, 0) is 46.6 Å². The van der Waals surface area contributed by atoms with E-state index in [1.54, 1.807) is 10.7 Å². The smallest absolute Gasteiger partial charge is 0.351 e. The minimum Gasteiger partial charge on any atom is -0.490 e. The summed E-state index contributed by atoms with van der Waals surface area (Å²) in [6.45, 7) is 18.4. The third-order valence-electron chi connectivity index (χ3n) is 6.16. The van der Waals surface area contributed by atoms with Crippen LogP contribution in [0.4, 0.5) is 5.69 Å². The minimum atomic E-state index is -3.85. The van der Waals surface area contributed by atoms with Crippen LogP contribution in [0, 0.1) is 15.5 Å². The zero-order chi connectivity index (χ0) is 27.7. The second-order valence-electron chi connectivity index (χ2n) is 11.2. The van der Waals surface area contributed by atoms with Crippen molar-refractivity contribution in [3.63, 3.8) is 0 Å². The lowest BCUT2D eigenvalue weighted by molar-refractivity contribution is -0.385. The molecule has 1 atom stereocenters. The Bertz CT molecular complexity index is 815. The van der Waals surface area contributed by atoms with E-state index >= 15 is 0 Å². The lowest BCUT2D eigenvalue weighted by Gasteiger charge is -2.40. The van der Waals surface area contributed by atoms with Gasteiger partial charge in [0.05, 0.1) is 29.8 Å². The molecular formula is C27H50N2O6P+. The standard InChI is InChI=1S/C27H50N2O6P/c1-10-12-14-16-34-24-18-22(23(29(30)31)19-25(24)35-17-15-13-11-2)26(27(7,8)9)36(32,33)28(20(3)4)21(5)6/h18-21,26,32-33H,10-17H2,1-9H3/q+1. The molecule has 1 aromatic carbocycles. The molecule has 0 fully saturated rings. The van der Waals surface area contributed by atoms with Gasteiger partial charge in [-0.1, -0.05) is 60.3 Å². The number of hydrogen-bond donors (Lipinski definition) is 2. The van der Waals surface area contributed by atoms with Gasteiger partial charge in [-0.15, -0.1) is 4.67 Å². The van der Waals surface area contributed by atoms with Gasteiger partial charge in [0.2, 0.25) is 0 Å². The number of ether oxygens (including phenoxy) is 2. The fourth-order valence-electron chi connectivity index (χ4n) is 4.82. The maximum Gasteiger partial charge on any atom is 0.351 e. The summed E-state index contributed by atoms with van der Waals surface area (Å²) in [6, 6.07) is 2.70. The molecule has 0 saturated carbocycles. The highest BCUT2D eigenvalue weighted by molar-refractivity contribution is 7.62. The van der Waals surface area contributed by atoms with Crippen molar-refractivity contribution in [3.05, 3.63) is 27.8 Å². The van der Waals surface area contributed by atoms with Gasteiger partial charge in [0.1, 0.15) is 0 Å². The van der Waals surface area contributed by atoms with Crippen molar-refractivity contribution in [1.82, 2.24) is 4.67 Å². The number of nitro benzene ring substituents is 1. The van der Waals surface area contributed by atoms with Crippen LogP contribution >= 0.6 is 7.87 Å². The first-order valence-electron chi connectivity index (χ1n) is 13.4. The molecule has 2 N–H and O–H groups in total. The van der Waals surface area contributed by atoms with Crippen LogP contribution in [0.5, 0.6) is 11.5 Å². The van der Waals surface area contributed by atoms with E-state index in [0.717, 1.165) is 38.5 Å². The summed E-state index contributed by atoms with van der Waals surface area (Å²) in [5, 5.41) is 12.3. The Labute approximate surface area is 219 Å². The molecule has 36 heavy (non-hydrogen) atoms. The molecule has 8 nitrogen and oxygen atoms in total. The monoisotopic (exact) mass is 529 g/mol. The molecule has 1 aromatic rings. The molecule has 0 radical (unpaired) electrons. The Balaban J connectivity index is 3.75. The van der Waals surface area contributed by atoms with E-state index in [4.69, 9.17) is 9.47 Å². The van der Waals surface area contributed by atoms with E-state index in [2.05, 4.69) is 13.8 Å². The van der Waals surface area contributed by atoms with Crippen LogP contribution in [0.3, 0.4) is 0 Å². The largest absolute Gasteiger partial charge is 0.490 e. The van der Waals surface area contributed by atoms with Crippen LogP contribution in [0.2, 0.25) is 0 Å². The quantitative estimate of drug-likeness (QED) is 0.0978. The maximum atomic E-state index is 12.3. The zero-order valence-corrected chi connectivity index (χ0v) is 24.8. The molecule has 0 aliphatic carbocycles. The van der Waals surface area contributed by atoms with Gasteiger partial charge in [0, 0.05) is 17.5 Å². The minimum absolute atomic E-state index is 0.164. The fourth-order valence-corrected chi connectivity index (χ4v) is 8.06. The van der Waals surface area contributed by atoms with Crippen LogP contribution in [-0.2, 0) is 0 Å². The molecular weight excluding hydrogens is 479 g/mol. The number of nitrogens with zero attached hydrogens (tertiary/aromatic N) is 2. The average molecular weight is 530 g/mol. The predicted octanol–water partition coefficient (Wildman–Crippen LogP) is 7.69. The summed E-state index contributed by atoms with van der Waals surface area (Å²) in [4.78, 5) is 35.4. The summed E-state index contributed by atoms with van der Waals surface area (Å²) in [7, 11) is -3.85. The van der Waals surface area contributed by atoms with Gasteiger partial charge in [-0.3, -0.25) is 10.1 Å². The average Bonchev–Trinajstić information content (AvgIpc) is 2.72. The molecule has 0 amide bonds. The van der Waals surface area contributed by atoms with E-state index < -0.39 is 23.9 Å². The molecule has 0 spiro atoms. The number of benzene rings is 1. The molecule has 0 aliphatic rings. The summed E-state index contributed by atoms with van der Waals surface area (Å²) in [6.07, 6.45) is 5.79. The van der Waals surface area contributed by atoms with Gasteiger partial charge in [0.25, 0.3) is 5.69 Å². The van der Waals surface area contributed by atoms with Crippen molar-refractivity contribution in [2.24, 2.45) is 5.41 Å². The SMILES string of the molecule is CCCCCOc1cc(C(C(C)(C)C)[P+](O)(O)N(C(C)C)C(C)C)c([N+](=O)[O-])cc1OCCCCC. The molecule has 1 unspecified atom stereocenters. The summed E-state index contributed by atoms with van der Waals surface area (Å²) in [5.41, 5.74) is -1.50. The van der Waals surface area contributed by atoms with Crippen molar-refractivity contribution in [2.45, 2.75) is 119 Å². The van der Waals surface area contributed by atoms with E-state index in [-0.39, 0.29) is 23.3 Å².